The van der Waals surface area contributed by atoms with E-state index in [1.54, 1.807) is 0 Å². The summed E-state index contributed by atoms with van der Waals surface area (Å²) in [5.74, 6) is 2.74. The number of carbonyl (C=O) groups is 1. The van der Waals surface area contributed by atoms with Crippen LogP contribution >= 0.6 is 11.8 Å². The van der Waals surface area contributed by atoms with Gasteiger partial charge >= 0.3 is 0 Å². The van der Waals surface area contributed by atoms with Crippen LogP contribution in [-0.2, 0) is 17.1 Å². The Balaban J connectivity index is 1.38. The predicted molar refractivity (Wildman–Crippen MR) is 98.8 cm³/mol. The second-order valence-corrected chi connectivity index (χ2v) is 7.50. The molecule has 1 aliphatic heterocycles. The maximum atomic E-state index is 12.5. The van der Waals surface area contributed by atoms with E-state index in [9.17, 15) is 4.79 Å². The van der Waals surface area contributed by atoms with E-state index in [1.807, 2.05) is 36.5 Å². The monoisotopic (exact) mass is 343 g/mol. The van der Waals surface area contributed by atoms with Crippen molar-refractivity contribution in [1.29, 1.82) is 0 Å². The largest absolute Gasteiger partial charge is 0.342 e. The number of nitrogens with zero attached hydrogens (tertiary/aromatic N) is 3. The van der Waals surface area contributed by atoms with Gasteiger partial charge in [0.2, 0.25) is 5.91 Å². The third kappa shape index (κ3) is 5.13. The lowest BCUT2D eigenvalue weighted by Crippen LogP contribution is -2.41. The smallest absolute Gasteiger partial charge is 0.223 e. The van der Waals surface area contributed by atoms with Crippen LogP contribution in [0, 0.1) is 5.92 Å². The van der Waals surface area contributed by atoms with Crippen molar-refractivity contribution in [1.82, 2.24) is 14.5 Å². The first-order valence-electron chi connectivity index (χ1n) is 8.66. The van der Waals surface area contributed by atoms with Gasteiger partial charge in [-0.2, -0.15) is 11.8 Å². The van der Waals surface area contributed by atoms with E-state index in [0.29, 0.717) is 18.2 Å². The number of hydrogen-bond donors (Lipinski definition) is 0. The van der Waals surface area contributed by atoms with Gasteiger partial charge in [-0.1, -0.05) is 30.3 Å². The molecule has 0 unspecified atom stereocenters. The lowest BCUT2D eigenvalue weighted by Gasteiger charge is -2.33. The Morgan fingerprint density at radius 2 is 2.17 bits per heavy atom. The second kappa shape index (κ2) is 8.92. The van der Waals surface area contributed by atoms with Gasteiger partial charge in [-0.15, -0.1) is 0 Å². The first-order chi connectivity index (χ1) is 11.8. The van der Waals surface area contributed by atoms with Crippen LogP contribution in [-0.4, -0.2) is 39.2 Å². The summed E-state index contributed by atoms with van der Waals surface area (Å²) in [6, 6.07) is 10.4. The molecule has 1 amide bonds. The SMILES string of the molecule is O=C(CCSCc1ccccc1)N1CCC[C@H](Cn2ccnc2)C1. The van der Waals surface area contributed by atoms with E-state index in [4.69, 9.17) is 0 Å². The highest BCUT2D eigenvalue weighted by Crippen LogP contribution is 2.20. The predicted octanol–water partition coefficient (Wildman–Crippen LogP) is 3.45. The van der Waals surface area contributed by atoms with E-state index in [0.717, 1.165) is 37.6 Å². The van der Waals surface area contributed by atoms with Crippen LogP contribution in [0.3, 0.4) is 0 Å². The Hall–Kier alpha value is -1.75. The van der Waals surface area contributed by atoms with Crippen LogP contribution in [0.25, 0.3) is 0 Å². The standard InChI is InChI=1S/C19H25N3OS/c23-19(8-12-24-15-17-5-2-1-3-6-17)22-10-4-7-18(14-22)13-21-11-9-20-16-21/h1-3,5-6,9,11,16,18H,4,7-8,10,12-15H2/t18-/m1/s1. The van der Waals surface area contributed by atoms with Gasteiger partial charge < -0.3 is 9.47 Å². The van der Waals surface area contributed by atoms with Crippen molar-refractivity contribution in [2.75, 3.05) is 18.8 Å². The zero-order valence-corrected chi connectivity index (χ0v) is 14.8. The Kier molecular flexibility index (Phi) is 6.35. The molecule has 1 atom stereocenters. The number of aromatic nitrogens is 2. The quantitative estimate of drug-likeness (QED) is 0.723. The van der Waals surface area contributed by atoms with Crippen LogP contribution in [0.2, 0.25) is 0 Å². The highest BCUT2D eigenvalue weighted by atomic mass is 32.2. The van der Waals surface area contributed by atoms with Crippen LogP contribution in [0.1, 0.15) is 24.8 Å². The molecule has 5 heteroatoms. The molecule has 1 aromatic carbocycles. The fourth-order valence-electron chi connectivity index (χ4n) is 3.22. The van der Waals surface area contributed by atoms with Crippen molar-refractivity contribution in [3.05, 3.63) is 54.6 Å². The number of likely N-dealkylation sites (tertiary alicyclic amines) is 1. The molecule has 1 saturated heterocycles. The zero-order chi connectivity index (χ0) is 16.6. The lowest BCUT2D eigenvalue weighted by atomic mass is 9.97. The van der Waals surface area contributed by atoms with Crippen molar-refractivity contribution >= 4 is 17.7 Å². The topological polar surface area (TPSA) is 38.1 Å². The zero-order valence-electron chi connectivity index (χ0n) is 14.0. The Bertz CT molecular complexity index is 615. The molecule has 128 valence electrons. The number of amides is 1. The summed E-state index contributed by atoms with van der Waals surface area (Å²) in [5, 5.41) is 0. The van der Waals surface area contributed by atoms with Crippen molar-refractivity contribution in [2.45, 2.75) is 31.6 Å². The number of thioether (sulfide) groups is 1. The molecule has 0 radical (unpaired) electrons. The van der Waals surface area contributed by atoms with Gasteiger partial charge in [0, 0.05) is 50.0 Å². The molecule has 2 aromatic rings. The first-order valence-corrected chi connectivity index (χ1v) is 9.82. The van der Waals surface area contributed by atoms with E-state index in [2.05, 4.69) is 38.7 Å². The Morgan fingerprint density at radius 3 is 2.96 bits per heavy atom. The van der Waals surface area contributed by atoms with Gasteiger partial charge in [0.05, 0.1) is 6.33 Å². The van der Waals surface area contributed by atoms with Gasteiger partial charge in [-0.3, -0.25) is 4.79 Å². The highest BCUT2D eigenvalue weighted by molar-refractivity contribution is 7.98. The molecule has 0 saturated carbocycles. The molecule has 2 heterocycles. The molecule has 24 heavy (non-hydrogen) atoms. The molecule has 0 N–H and O–H groups in total. The summed E-state index contributed by atoms with van der Waals surface area (Å²) >= 11 is 1.84. The summed E-state index contributed by atoms with van der Waals surface area (Å²) in [5.41, 5.74) is 1.33. The Morgan fingerprint density at radius 1 is 1.29 bits per heavy atom. The average Bonchev–Trinajstić information content (AvgIpc) is 3.13. The molecule has 0 bridgehead atoms. The Labute approximate surface area is 148 Å². The van der Waals surface area contributed by atoms with Gasteiger partial charge in [-0.25, -0.2) is 4.98 Å². The molecule has 0 spiro atoms. The van der Waals surface area contributed by atoms with E-state index < -0.39 is 0 Å². The van der Waals surface area contributed by atoms with Crippen molar-refractivity contribution < 1.29 is 4.79 Å². The minimum Gasteiger partial charge on any atom is -0.342 e. The molecule has 0 aliphatic carbocycles. The summed E-state index contributed by atoms with van der Waals surface area (Å²) in [7, 11) is 0. The number of carbonyl (C=O) groups excluding carboxylic acids is 1. The minimum absolute atomic E-state index is 0.311. The van der Waals surface area contributed by atoms with Crippen LogP contribution in [0.5, 0.6) is 0 Å². The summed E-state index contributed by atoms with van der Waals surface area (Å²) in [6.45, 7) is 2.77. The van der Waals surface area contributed by atoms with Gasteiger partial charge in [-0.05, 0) is 24.3 Å². The molecule has 1 aromatic heterocycles. The molecule has 3 rings (SSSR count). The maximum absolute atomic E-state index is 12.5. The van der Waals surface area contributed by atoms with Crippen LogP contribution < -0.4 is 0 Å². The third-order valence-electron chi connectivity index (χ3n) is 4.47. The van der Waals surface area contributed by atoms with Crippen molar-refractivity contribution in [3.63, 3.8) is 0 Å². The molecule has 1 aliphatic rings. The summed E-state index contributed by atoms with van der Waals surface area (Å²) in [6.07, 6.45) is 8.64. The maximum Gasteiger partial charge on any atom is 0.223 e. The van der Waals surface area contributed by atoms with Gasteiger partial charge in [0.15, 0.2) is 0 Å². The number of rotatable bonds is 7. The molecular weight excluding hydrogens is 318 g/mol. The lowest BCUT2D eigenvalue weighted by molar-refractivity contribution is -0.132. The normalized spacial score (nSPS) is 17.8. The number of hydrogen-bond acceptors (Lipinski definition) is 3. The van der Waals surface area contributed by atoms with E-state index in [1.165, 1.54) is 12.0 Å². The minimum atomic E-state index is 0.311. The average molecular weight is 343 g/mol. The number of imidazole rings is 1. The van der Waals surface area contributed by atoms with Crippen molar-refractivity contribution in [2.24, 2.45) is 5.92 Å². The van der Waals surface area contributed by atoms with Crippen LogP contribution in [0.15, 0.2) is 49.1 Å². The summed E-state index contributed by atoms with van der Waals surface area (Å²) < 4.78 is 2.12. The number of piperidine rings is 1. The molecular formula is C19H25N3OS. The molecule has 1 fully saturated rings. The van der Waals surface area contributed by atoms with Gasteiger partial charge in [0.1, 0.15) is 0 Å². The second-order valence-electron chi connectivity index (χ2n) is 6.40. The number of benzene rings is 1. The fraction of sp³-hybridized carbons (Fsp3) is 0.474. The van der Waals surface area contributed by atoms with Crippen LogP contribution in [0.4, 0.5) is 0 Å². The fourth-order valence-corrected chi connectivity index (χ4v) is 4.11. The van der Waals surface area contributed by atoms with E-state index >= 15 is 0 Å². The van der Waals surface area contributed by atoms with Crippen molar-refractivity contribution in [3.8, 4) is 0 Å². The highest BCUT2D eigenvalue weighted by Gasteiger charge is 2.23. The molecule has 4 nitrogen and oxygen atoms in total. The summed E-state index contributed by atoms with van der Waals surface area (Å²) in [4.78, 5) is 18.6. The van der Waals surface area contributed by atoms with E-state index in [-0.39, 0.29) is 0 Å². The van der Waals surface area contributed by atoms with Gasteiger partial charge in [0.25, 0.3) is 0 Å². The first kappa shape index (κ1) is 17.1. The third-order valence-corrected chi connectivity index (χ3v) is 5.50.